The van der Waals surface area contributed by atoms with Crippen molar-refractivity contribution in [3.05, 3.63) is 24.0 Å². The SMILES string of the molecule is CC(C)CCOc1ccc(C(N)=S)nc1. The summed E-state index contributed by atoms with van der Waals surface area (Å²) < 4.78 is 5.50. The van der Waals surface area contributed by atoms with Gasteiger partial charge in [0.25, 0.3) is 0 Å². The van der Waals surface area contributed by atoms with Crippen LogP contribution in [0, 0.1) is 5.92 Å². The van der Waals surface area contributed by atoms with Crippen LogP contribution in [0.2, 0.25) is 0 Å². The molecule has 0 bridgehead atoms. The highest BCUT2D eigenvalue weighted by atomic mass is 32.1. The second kappa shape index (κ2) is 5.66. The number of rotatable bonds is 5. The van der Waals surface area contributed by atoms with Crippen LogP contribution in [-0.2, 0) is 0 Å². The quantitative estimate of drug-likeness (QED) is 0.778. The molecule has 1 heterocycles. The highest BCUT2D eigenvalue weighted by Crippen LogP contribution is 2.10. The lowest BCUT2D eigenvalue weighted by molar-refractivity contribution is 0.288. The van der Waals surface area contributed by atoms with E-state index in [4.69, 9.17) is 22.7 Å². The van der Waals surface area contributed by atoms with Gasteiger partial charge >= 0.3 is 0 Å². The summed E-state index contributed by atoms with van der Waals surface area (Å²) in [4.78, 5) is 4.39. The van der Waals surface area contributed by atoms with E-state index in [0.717, 1.165) is 12.2 Å². The van der Waals surface area contributed by atoms with Gasteiger partial charge in [0, 0.05) is 0 Å². The van der Waals surface area contributed by atoms with Crippen LogP contribution in [0.4, 0.5) is 0 Å². The van der Waals surface area contributed by atoms with Crippen LogP contribution in [0.1, 0.15) is 26.0 Å². The van der Waals surface area contributed by atoms with Crippen molar-refractivity contribution in [2.45, 2.75) is 20.3 Å². The lowest BCUT2D eigenvalue weighted by Gasteiger charge is -2.07. The van der Waals surface area contributed by atoms with Gasteiger partial charge in [-0.05, 0) is 24.5 Å². The van der Waals surface area contributed by atoms with E-state index in [0.29, 0.717) is 23.2 Å². The van der Waals surface area contributed by atoms with E-state index in [2.05, 4.69) is 18.8 Å². The summed E-state index contributed by atoms with van der Waals surface area (Å²) in [5.74, 6) is 1.41. The Morgan fingerprint density at radius 1 is 1.53 bits per heavy atom. The molecule has 0 spiro atoms. The number of nitrogens with two attached hydrogens (primary N) is 1. The van der Waals surface area contributed by atoms with Gasteiger partial charge in [-0.2, -0.15) is 0 Å². The van der Waals surface area contributed by atoms with E-state index in [1.165, 1.54) is 0 Å². The fourth-order valence-electron chi connectivity index (χ4n) is 1.02. The normalized spacial score (nSPS) is 10.3. The molecule has 0 aliphatic rings. The first kappa shape index (κ1) is 11.9. The topological polar surface area (TPSA) is 48.1 Å². The number of thiocarbonyl (C=S) groups is 1. The number of aromatic nitrogens is 1. The van der Waals surface area contributed by atoms with Crippen LogP contribution in [0.15, 0.2) is 18.3 Å². The van der Waals surface area contributed by atoms with Crippen molar-refractivity contribution in [1.82, 2.24) is 4.98 Å². The molecule has 0 fully saturated rings. The Hall–Kier alpha value is -1.16. The minimum absolute atomic E-state index is 0.309. The van der Waals surface area contributed by atoms with Gasteiger partial charge in [0.05, 0.1) is 18.5 Å². The van der Waals surface area contributed by atoms with Crippen molar-refractivity contribution in [2.75, 3.05) is 6.61 Å². The van der Waals surface area contributed by atoms with E-state index in [1.807, 2.05) is 6.07 Å². The predicted octanol–water partition coefficient (Wildman–Crippen LogP) is 2.14. The molecular weight excluding hydrogens is 208 g/mol. The molecule has 2 N–H and O–H groups in total. The van der Waals surface area contributed by atoms with Gasteiger partial charge in [-0.1, -0.05) is 26.1 Å². The average Bonchev–Trinajstić information content (AvgIpc) is 2.18. The second-order valence-electron chi connectivity index (χ2n) is 3.77. The van der Waals surface area contributed by atoms with Crippen molar-refractivity contribution in [2.24, 2.45) is 11.7 Å². The number of hydrogen-bond donors (Lipinski definition) is 1. The molecule has 1 aromatic heterocycles. The zero-order valence-corrected chi connectivity index (χ0v) is 9.88. The Labute approximate surface area is 95.7 Å². The van der Waals surface area contributed by atoms with Gasteiger partial charge in [-0.3, -0.25) is 0 Å². The van der Waals surface area contributed by atoms with Crippen LogP contribution < -0.4 is 10.5 Å². The maximum absolute atomic E-state index is 5.50. The molecule has 1 rings (SSSR count). The lowest BCUT2D eigenvalue weighted by atomic mass is 10.1. The Morgan fingerprint density at radius 3 is 2.73 bits per heavy atom. The molecule has 0 aliphatic carbocycles. The summed E-state index contributed by atoms with van der Waals surface area (Å²) >= 11 is 4.80. The highest BCUT2D eigenvalue weighted by molar-refractivity contribution is 7.80. The van der Waals surface area contributed by atoms with E-state index in [1.54, 1.807) is 12.3 Å². The van der Waals surface area contributed by atoms with Crippen LogP contribution >= 0.6 is 12.2 Å². The molecule has 0 saturated carbocycles. The van der Waals surface area contributed by atoms with Crippen molar-refractivity contribution in [1.29, 1.82) is 0 Å². The molecule has 0 amide bonds. The van der Waals surface area contributed by atoms with Gasteiger partial charge in [0.1, 0.15) is 10.7 Å². The van der Waals surface area contributed by atoms with Gasteiger partial charge in [-0.25, -0.2) is 4.98 Å². The summed E-state index contributed by atoms with van der Waals surface area (Å²) in [6, 6.07) is 3.61. The Kier molecular flexibility index (Phi) is 4.49. The van der Waals surface area contributed by atoms with E-state index < -0.39 is 0 Å². The predicted molar refractivity (Wildman–Crippen MR) is 65.1 cm³/mol. The largest absolute Gasteiger partial charge is 0.492 e. The van der Waals surface area contributed by atoms with Gasteiger partial charge in [0.15, 0.2) is 0 Å². The summed E-state index contributed by atoms with van der Waals surface area (Å²) in [7, 11) is 0. The van der Waals surface area contributed by atoms with Crippen LogP contribution in [-0.4, -0.2) is 16.6 Å². The van der Waals surface area contributed by atoms with Crippen LogP contribution in [0.3, 0.4) is 0 Å². The molecule has 1 aromatic rings. The van der Waals surface area contributed by atoms with E-state index in [9.17, 15) is 0 Å². The van der Waals surface area contributed by atoms with E-state index in [-0.39, 0.29) is 0 Å². The molecule has 0 saturated heterocycles. The zero-order chi connectivity index (χ0) is 11.3. The van der Waals surface area contributed by atoms with Gasteiger partial charge in [0.2, 0.25) is 0 Å². The number of ether oxygens (including phenoxy) is 1. The summed E-state index contributed by atoms with van der Waals surface area (Å²) in [5, 5.41) is 0. The number of pyridine rings is 1. The first-order valence-electron chi connectivity index (χ1n) is 4.98. The summed E-state index contributed by atoms with van der Waals surface area (Å²) in [6.07, 6.45) is 2.69. The Bertz CT molecular complexity index is 322. The fraction of sp³-hybridized carbons (Fsp3) is 0.455. The van der Waals surface area contributed by atoms with Crippen LogP contribution in [0.25, 0.3) is 0 Å². The van der Waals surface area contributed by atoms with Crippen molar-refractivity contribution in [3.63, 3.8) is 0 Å². The lowest BCUT2D eigenvalue weighted by Crippen LogP contribution is -2.11. The van der Waals surface area contributed by atoms with Gasteiger partial charge in [-0.15, -0.1) is 0 Å². The first-order valence-corrected chi connectivity index (χ1v) is 5.39. The van der Waals surface area contributed by atoms with Crippen molar-refractivity contribution < 1.29 is 4.74 Å². The monoisotopic (exact) mass is 224 g/mol. The molecule has 4 heteroatoms. The van der Waals surface area contributed by atoms with Gasteiger partial charge < -0.3 is 10.5 Å². The summed E-state index contributed by atoms with van der Waals surface area (Å²) in [6.45, 7) is 5.04. The number of nitrogens with zero attached hydrogens (tertiary/aromatic N) is 1. The standard InChI is InChI=1S/C11H16N2OS/c1-8(2)5-6-14-9-3-4-10(11(12)15)13-7-9/h3-4,7-8H,5-6H2,1-2H3,(H2,12,15). The maximum Gasteiger partial charge on any atom is 0.137 e. The average molecular weight is 224 g/mol. The molecule has 0 atom stereocenters. The Morgan fingerprint density at radius 2 is 2.27 bits per heavy atom. The molecule has 82 valence electrons. The molecule has 0 aromatic carbocycles. The second-order valence-corrected chi connectivity index (χ2v) is 4.21. The first-order chi connectivity index (χ1) is 7.09. The van der Waals surface area contributed by atoms with Crippen LogP contribution in [0.5, 0.6) is 5.75 Å². The molecule has 0 aliphatic heterocycles. The van der Waals surface area contributed by atoms with Crippen molar-refractivity contribution in [3.8, 4) is 5.75 Å². The van der Waals surface area contributed by atoms with Crippen molar-refractivity contribution >= 4 is 17.2 Å². The minimum atomic E-state index is 0.309. The molecular formula is C11H16N2OS. The zero-order valence-electron chi connectivity index (χ0n) is 9.06. The Balaban J connectivity index is 2.46. The fourth-order valence-corrected chi connectivity index (χ4v) is 1.14. The molecule has 0 unspecified atom stereocenters. The molecule has 3 nitrogen and oxygen atoms in total. The van der Waals surface area contributed by atoms with E-state index >= 15 is 0 Å². The molecule has 15 heavy (non-hydrogen) atoms. The number of hydrogen-bond acceptors (Lipinski definition) is 3. The third-order valence-corrected chi connectivity index (χ3v) is 2.16. The summed E-state index contributed by atoms with van der Waals surface area (Å²) in [5.41, 5.74) is 6.06. The third-order valence-electron chi connectivity index (χ3n) is 1.95. The highest BCUT2D eigenvalue weighted by Gasteiger charge is 1.99. The smallest absolute Gasteiger partial charge is 0.137 e. The third kappa shape index (κ3) is 4.25. The minimum Gasteiger partial charge on any atom is -0.492 e. The maximum atomic E-state index is 5.50. The molecule has 0 radical (unpaired) electrons.